The molecule has 2 aromatic carbocycles. The van der Waals surface area contributed by atoms with E-state index in [4.69, 9.17) is 18.9 Å². The number of H-pyrrole nitrogens is 1. The summed E-state index contributed by atoms with van der Waals surface area (Å²) in [4.78, 5) is 0. The molecule has 1 atom stereocenters. The van der Waals surface area contributed by atoms with Crippen molar-refractivity contribution in [1.29, 1.82) is 5.26 Å². The number of aromatic nitrogens is 4. The van der Waals surface area contributed by atoms with Gasteiger partial charge in [-0.1, -0.05) is 0 Å². The van der Waals surface area contributed by atoms with E-state index in [1.165, 1.54) is 14.2 Å². The zero-order chi connectivity index (χ0) is 24.4. The quantitative estimate of drug-likeness (QED) is 0.424. The molecule has 0 aliphatic carbocycles. The molecular formula is C25H25N5O4. The standard InChI is InChI=1S/C25H25N5O4/c1-13-12-27-28-14(2)23(13)15(3)34-21-9-18-19(10-20(21)31-4)29-30-24(18)16-7-17(11-26)25(33-6)22(8-16)32-5/h7-10,12,15H,1-6H3,(H,29,30)/t15-/m1/s1. The van der Waals surface area contributed by atoms with E-state index in [0.717, 1.165) is 27.7 Å². The summed E-state index contributed by atoms with van der Waals surface area (Å²) in [5.74, 6) is 1.95. The molecule has 0 amide bonds. The van der Waals surface area contributed by atoms with E-state index in [9.17, 15) is 5.26 Å². The van der Waals surface area contributed by atoms with Crippen LogP contribution in [0, 0.1) is 25.2 Å². The summed E-state index contributed by atoms with van der Waals surface area (Å²) in [7, 11) is 4.62. The van der Waals surface area contributed by atoms with E-state index in [1.54, 1.807) is 25.4 Å². The minimum atomic E-state index is -0.288. The third-order valence-electron chi connectivity index (χ3n) is 5.70. The first-order valence-electron chi connectivity index (χ1n) is 10.6. The van der Waals surface area contributed by atoms with Gasteiger partial charge in [0.05, 0.1) is 44.3 Å². The van der Waals surface area contributed by atoms with E-state index in [2.05, 4.69) is 26.5 Å². The molecular weight excluding hydrogens is 434 g/mol. The third kappa shape index (κ3) is 3.94. The number of aromatic amines is 1. The fourth-order valence-electron chi connectivity index (χ4n) is 4.16. The van der Waals surface area contributed by atoms with E-state index < -0.39 is 0 Å². The van der Waals surface area contributed by atoms with Crippen LogP contribution in [0.3, 0.4) is 0 Å². The van der Waals surface area contributed by atoms with Crippen molar-refractivity contribution in [2.75, 3.05) is 21.3 Å². The lowest BCUT2D eigenvalue weighted by Gasteiger charge is -2.20. The predicted octanol–water partition coefficient (Wildman–Crippen LogP) is 4.67. The van der Waals surface area contributed by atoms with Gasteiger partial charge in [0.15, 0.2) is 23.0 Å². The van der Waals surface area contributed by atoms with Crippen LogP contribution in [0.2, 0.25) is 0 Å². The van der Waals surface area contributed by atoms with Gasteiger partial charge in [0.1, 0.15) is 17.9 Å². The summed E-state index contributed by atoms with van der Waals surface area (Å²) in [5.41, 5.74) is 5.24. The number of nitriles is 1. The van der Waals surface area contributed by atoms with E-state index in [1.807, 2.05) is 32.9 Å². The maximum absolute atomic E-state index is 9.61. The van der Waals surface area contributed by atoms with Crippen molar-refractivity contribution in [3.8, 4) is 40.3 Å². The number of nitrogens with one attached hydrogen (secondary N) is 1. The summed E-state index contributed by atoms with van der Waals surface area (Å²) >= 11 is 0. The lowest BCUT2D eigenvalue weighted by Crippen LogP contribution is -2.10. The second-order valence-electron chi connectivity index (χ2n) is 7.78. The van der Waals surface area contributed by atoms with Crippen molar-refractivity contribution in [2.24, 2.45) is 0 Å². The molecule has 2 aromatic heterocycles. The molecule has 174 valence electrons. The SMILES string of the molecule is COc1cc2[nH]nc(-c3cc(C#N)c(OC)c(OC)c3)c2cc1O[C@H](C)c1c(C)cnnc1C. The molecule has 4 aromatic rings. The van der Waals surface area contributed by atoms with Crippen molar-refractivity contribution in [3.05, 3.63) is 52.8 Å². The molecule has 0 saturated heterocycles. The summed E-state index contributed by atoms with van der Waals surface area (Å²) in [6.45, 7) is 5.85. The van der Waals surface area contributed by atoms with Gasteiger partial charge in [-0.05, 0) is 44.5 Å². The molecule has 1 N–H and O–H groups in total. The Morgan fingerprint density at radius 1 is 0.971 bits per heavy atom. The second kappa shape index (κ2) is 9.27. The number of benzene rings is 2. The van der Waals surface area contributed by atoms with Crippen molar-refractivity contribution >= 4 is 10.9 Å². The largest absolute Gasteiger partial charge is 0.493 e. The second-order valence-corrected chi connectivity index (χ2v) is 7.78. The van der Waals surface area contributed by atoms with Crippen molar-refractivity contribution in [1.82, 2.24) is 20.4 Å². The number of fused-ring (bicyclic) bond motifs is 1. The minimum Gasteiger partial charge on any atom is -0.493 e. The van der Waals surface area contributed by atoms with Crippen LogP contribution >= 0.6 is 0 Å². The molecule has 4 rings (SSSR count). The Balaban J connectivity index is 1.83. The lowest BCUT2D eigenvalue weighted by atomic mass is 10.0. The fraction of sp³-hybridized carbons (Fsp3) is 0.280. The highest BCUT2D eigenvalue weighted by atomic mass is 16.5. The Morgan fingerprint density at radius 2 is 1.74 bits per heavy atom. The monoisotopic (exact) mass is 459 g/mol. The Morgan fingerprint density at radius 3 is 2.38 bits per heavy atom. The molecule has 34 heavy (non-hydrogen) atoms. The number of aryl methyl sites for hydroxylation is 2. The van der Waals surface area contributed by atoms with Gasteiger partial charge < -0.3 is 18.9 Å². The average molecular weight is 460 g/mol. The van der Waals surface area contributed by atoms with E-state index in [0.29, 0.717) is 39.8 Å². The van der Waals surface area contributed by atoms with Crippen LogP contribution in [-0.4, -0.2) is 41.7 Å². The molecule has 0 unspecified atom stereocenters. The van der Waals surface area contributed by atoms with Gasteiger partial charge in [0, 0.05) is 22.6 Å². The zero-order valence-electron chi connectivity index (χ0n) is 19.9. The van der Waals surface area contributed by atoms with Crippen LogP contribution in [-0.2, 0) is 0 Å². The van der Waals surface area contributed by atoms with Gasteiger partial charge in [0.2, 0.25) is 0 Å². The number of rotatable bonds is 7. The summed E-state index contributed by atoms with van der Waals surface area (Å²) in [6, 6.07) is 9.39. The molecule has 0 bridgehead atoms. The van der Waals surface area contributed by atoms with Gasteiger partial charge in [0.25, 0.3) is 0 Å². The molecule has 2 heterocycles. The Bertz CT molecular complexity index is 1390. The number of methoxy groups -OCH3 is 3. The molecule has 0 aliphatic rings. The number of hydrogen-bond acceptors (Lipinski definition) is 8. The van der Waals surface area contributed by atoms with Crippen LogP contribution < -0.4 is 18.9 Å². The molecule has 0 fully saturated rings. The number of nitrogens with zero attached hydrogens (tertiary/aromatic N) is 4. The molecule has 9 heteroatoms. The topological polar surface area (TPSA) is 115 Å². The van der Waals surface area contributed by atoms with Crippen LogP contribution in [0.1, 0.15) is 35.4 Å². The van der Waals surface area contributed by atoms with Crippen molar-refractivity contribution < 1.29 is 18.9 Å². The minimum absolute atomic E-state index is 0.288. The Labute approximate surface area is 197 Å². The molecule has 0 aliphatic heterocycles. The van der Waals surface area contributed by atoms with Gasteiger partial charge in [-0.3, -0.25) is 5.10 Å². The molecule has 0 spiro atoms. The Kier molecular flexibility index (Phi) is 6.23. The first kappa shape index (κ1) is 22.9. The normalized spacial score (nSPS) is 11.7. The predicted molar refractivity (Wildman–Crippen MR) is 126 cm³/mol. The molecule has 0 saturated carbocycles. The lowest BCUT2D eigenvalue weighted by molar-refractivity contribution is 0.214. The van der Waals surface area contributed by atoms with Crippen molar-refractivity contribution in [3.63, 3.8) is 0 Å². The first-order valence-corrected chi connectivity index (χ1v) is 10.6. The maximum atomic E-state index is 9.61. The van der Waals surface area contributed by atoms with Gasteiger partial charge in [-0.2, -0.15) is 20.6 Å². The Hall–Kier alpha value is -4.32. The summed E-state index contributed by atoms with van der Waals surface area (Å²) in [6.07, 6.45) is 1.43. The maximum Gasteiger partial charge on any atom is 0.178 e. The summed E-state index contributed by atoms with van der Waals surface area (Å²) < 4.78 is 22.7. The average Bonchev–Trinajstić information content (AvgIpc) is 3.25. The molecule has 0 radical (unpaired) electrons. The van der Waals surface area contributed by atoms with Gasteiger partial charge >= 0.3 is 0 Å². The van der Waals surface area contributed by atoms with Crippen molar-refractivity contribution in [2.45, 2.75) is 26.9 Å². The van der Waals surface area contributed by atoms with Crippen LogP contribution in [0.5, 0.6) is 23.0 Å². The smallest absolute Gasteiger partial charge is 0.178 e. The fourth-order valence-corrected chi connectivity index (χ4v) is 4.16. The highest BCUT2D eigenvalue weighted by Gasteiger charge is 2.21. The van der Waals surface area contributed by atoms with Crippen LogP contribution in [0.15, 0.2) is 30.5 Å². The number of ether oxygens (including phenoxy) is 4. The van der Waals surface area contributed by atoms with Gasteiger partial charge in [-0.15, -0.1) is 0 Å². The van der Waals surface area contributed by atoms with E-state index >= 15 is 0 Å². The zero-order valence-corrected chi connectivity index (χ0v) is 19.9. The van der Waals surface area contributed by atoms with Crippen LogP contribution in [0.25, 0.3) is 22.2 Å². The molecule has 9 nitrogen and oxygen atoms in total. The first-order chi connectivity index (χ1) is 16.4. The highest BCUT2D eigenvalue weighted by molar-refractivity contribution is 5.95. The number of hydrogen-bond donors (Lipinski definition) is 1. The van der Waals surface area contributed by atoms with Crippen LogP contribution in [0.4, 0.5) is 0 Å². The third-order valence-corrected chi connectivity index (χ3v) is 5.70. The highest BCUT2D eigenvalue weighted by Crippen LogP contribution is 2.41. The van der Waals surface area contributed by atoms with E-state index in [-0.39, 0.29) is 6.10 Å². The van der Waals surface area contributed by atoms with Gasteiger partial charge in [-0.25, -0.2) is 0 Å². The summed E-state index contributed by atoms with van der Waals surface area (Å²) in [5, 5.41) is 26.1.